The molecule has 0 aliphatic heterocycles. The molecule has 5 heteroatoms. The van der Waals surface area contributed by atoms with Crippen LogP contribution < -0.4 is 5.73 Å². The smallest absolute Gasteiger partial charge is 0.126 e. The summed E-state index contributed by atoms with van der Waals surface area (Å²) in [6.07, 6.45) is 4.72. The molecule has 2 aromatic rings. The van der Waals surface area contributed by atoms with Gasteiger partial charge in [0.05, 0.1) is 0 Å². The lowest BCUT2D eigenvalue weighted by Crippen LogP contribution is -2.14. The Kier molecular flexibility index (Phi) is 3.39. The van der Waals surface area contributed by atoms with Gasteiger partial charge in [-0.05, 0) is 30.2 Å². The normalized spacial score (nSPS) is 12.4. The Hall–Kier alpha value is -1.88. The summed E-state index contributed by atoms with van der Waals surface area (Å²) in [5.41, 5.74) is 6.82. The number of nitrogens with two attached hydrogens (primary N) is 1. The lowest BCUT2D eigenvalue weighted by atomic mass is 10.0. The van der Waals surface area contributed by atoms with E-state index in [1.54, 1.807) is 12.4 Å². The fourth-order valence-electron chi connectivity index (χ4n) is 1.56. The second kappa shape index (κ2) is 4.97. The lowest BCUT2D eigenvalue weighted by molar-refractivity contribution is 0.572. The maximum Gasteiger partial charge on any atom is 0.126 e. The molecule has 0 aliphatic carbocycles. The highest BCUT2D eigenvalue weighted by atomic mass is 19.1. The van der Waals surface area contributed by atoms with Crippen LogP contribution >= 0.6 is 0 Å². The van der Waals surface area contributed by atoms with Crippen molar-refractivity contribution in [3.8, 4) is 0 Å². The number of nitrogens with zero attached hydrogens (tertiary/aromatic N) is 2. The van der Waals surface area contributed by atoms with Crippen molar-refractivity contribution in [2.45, 2.75) is 12.5 Å². The topological polar surface area (TPSA) is 51.8 Å². The van der Waals surface area contributed by atoms with Gasteiger partial charge in [-0.25, -0.2) is 18.7 Å². The van der Waals surface area contributed by atoms with Crippen LogP contribution in [-0.4, -0.2) is 9.97 Å². The molecule has 0 saturated heterocycles. The van der Waals surface area contributed by atoms with E-state index >= 15 is 0 Å². The first-order valence-electron chi connectivity index (χ1n) is 5.11. The molecular weight excluding hydrogens is 224 g/mol. The maximum atomic E-state index is 13.4. The Morgan fingerprint density at radius 1 is 1.18 bits per heavy atom. The molecule has 0 spiro atoms. The van der Waals surface area contributed by atoms with Crippen molar-refractivity contribution in [2.75, 3.05) is 0 Å². The van der Waals surface area contributed by atoms with E-state index in [0.717, 1.165) is 18.2 Å². The Bertz CT molecular complexity index is 502. The molecule has 0 amide bonds. The standard InChI is InChI=1S/C12H11F2N3/c13-10-1-2-11(14)8(3-10)4-12(15)9-5-16-7-17-6-9/h1-3,5-7,12H,4,15H2. The summed E-state index contributed by atoms with van der Waals surface area (Å²) in [6.45, 7) is 0. The van der Waals surface area contributed by atoms with Crippen molar-refractivity contribution in [3.63, 3.8) is 0 Å². The summed E-state index contributed by atoms with van der Waals surface area (Å²) in [5.74, 6) is -0.934. The van der Waals surface area contributed by atoms with Crippen LogP contribution in [0.5, 0.6) is 0 Å². The molecule has 0 fully saturated rings. The van der Waals surface area contributed by atoms with Crippen molar-refractivity contribution in [1.82, 2.24) is 9.97 Å². The lowest BCUT2D eigenvalue weighted by Gasteiger charge is -2.11. The van der Waals surface area contributed by atoms with Crippen LogP contribution in [0.15, 0.2) is 36.9 Å². The highest BCUT2D eigenvalue weighted by molar-refractivity contribution is 5.22. The van der Waals surface area contributed by atoms with Crippen LogP contribution in [0.2, 0.25) is 0 Å². The number of halogens is 2. The van der Waals surface area contributed by atoms with E-state index in [1.807, 2.05) is 0 Å². The summed E-state index contributed by atoms with van der Waals surface area (Å²) >= 11 is 0. The molecule has 1 unspecified atom stereocenters. The molecule has 2 N–H and O–H groups in total. The van der Waals surface area contributed by atoms with E-state index in [0.29, 0.717) is 5.56 Å². The van der Waals surface area contributed by atoms with E-state index in [1.165, 1.54) is 6.33 Å². The van der Waals surface area contributed by atoms with Gasteiger partial charge in [-0.1, -0.05) is 0 Å². The maximum absolute atomic E-state index is 13.4. The minimum absolute atomic E-state index is 0.205. The molecule has 0 saturated carbocycles. The first-order valence-corrected chi connectivity index (χ1v) is 5.11. The zero-order valence-electron chi connectivity index (χ0n) is 8.98. The van der Waals surface area contributed by atoms with Gasteiger partial charge in [-0.15, -0.1) is 0 Å². The molecule has 3 nitrogen and oxygen atoms in total. The highest BCUT2D eigenvalue weighted by Crippen LogP contribution is 2.17. The van der Waals surface area contributed by atoms with E-state index in [2.05, 4.69) is 9.97 Å². The van der Waals surface area contributed by atoms with Crippen molar-refractivity contribution in [1.29, 1.82) is 0 Å². The van der Waals surface area contributed by atoms with E-state index in [4.69, 9.17) is 5.73 Å². The minimum atomic E-state index is -0.474. The predicted octanol–water partition coefficient (Wildman–Crippen LogP) is 2.00. The minimum Gasteiger partial charge on any atom is -0.324 e. The fraction of sp³-hybridized carbons (Fsp3) is 0.167. The average molecular weight is 235 g/mol. The Balaban J connectivity index is 2.18. The number of benzene rings is 1. The van der Waals surface area contributed by atoms with Crippen LogP contribution in [0.1, 0.15) is 17.2 Å². The summed E-state index contributed by atoms with van der Waals surface area (Å²) in [4.78, 5) is 7.66. The van der Waals surface area contributed by atoms with E-state index in [-0.39, 0.29) is 12.0 Å². The molecule has 1 heterocycles. The number of hydrogen-bond donors (Lipinski definition) is 1. The number of hydrogen-bond acceptors (Lipinski definition) is 3. The van der Waals surface area contributed by atoms with Gasteiger partial charge in [0.15, 0.2) is 0 Å². The predicted molar refractivity (Wildman–Crippen MR) is 59.0 cm³/mol. The van der Waals surface area contributed by atoms with Crippen molar-refractivity contribution in [2.24, 2.45) is 5.73 Å². The second-order valence-corrected chi connectivity index (χ2v) is 3.72. The molecule has 17 heavy (non-hydrogen) atoms. The summed E-state index contributed by atoms with van der Waals surface area (Å²) in [5, 5.41) is 0. The third kappa shape index (κ3) is 2.82. The molecule has 2 rings (SSSR count). The summed E-state index contributed by atoms with van der Waals surface area (Å²) in [6, 6.07) is 2.88. The van der Waals surface area contributed by atoms with Crippen LogP contribution in [0.25, 0.3) is 0 Å². The molecule has 1 aromatic heterocycles. The van der Waals surface area contributed by atoms with Gasteiger partial charge in [0.25, 0.3) is 0 Å². The third-order valence-corrected chi connectivity index (χ3v) is 2.46. The van der Waals surface area contributed by atoms with Gasteiger partial charge >= 0.3 is 0 Å². The van der Waals surface area contributed by atoms with Crippen LogP contribution in [-0.2, 0) is 6.42 Å². The van der Waals surface area contributed by atoms with Gasteiger partial charge in [-0.2, -0.15) is 0 Å². The molecule has 1 aromatic carbocycles. The quantitative estimate of drug-likeness (QED) is 0.885. The summed E-state index contributed by atoms with van der Waals surface area (Å²) < 4.78 is 26.4. The Labute approximate surface area is 97.3 Å². The fourth-order valence-corrected chi connectivity index (χ4v) is 1.56. The second-order valence-electron chi connectivity index (χ2n) is 3.72. The molecular formula is C12H11F2N3. The molecule has 1 atom stereocenters. The first kappa shape index (κ1) is 11.6. The van der Waals surface area contributed by atoms with Crippen molar-refractivity contribution >= 4 is 0 Å². The SMILES string of the molecule is NC(Cc1cc(F)ccc1F)c1cncnc1. The molecule has 0 radical (unpaired) electrons. The third-order valence-electron chi connectivity index (χ3n) is 2.46. The van der Waals surface area contributed by atoms with Gasteiger partial charge in [0, 0.05) is 24.0 Å². The largest absolute Gasteiger partial charge is 0.324 e. The Morgan fingerprint density at radius 3 is 2.59 bits per heavy atom. The zero-order valence-corrected chi connectivity index (χ0v) is 8.98. The summed E-state index contributed by atoms with van der Waals surface area (Å²) in [7, 11) is 0. The van der Waals surface area contributed by atoms with Crippen molar-refractivity contribution < 1.29 is 8.78 Å². The van der Waals surface area contributed by atoms with E-state index < -0.39 is 17.7 Å². The molecule has 0 bridgehead atoms. The average Bonchev–Trinajstić information content (AvgIpc) is 2.35. The van der Waals surface area contributed by atoms with Gasteiger partial charge in [-0.3, -0.25) is 0 Å². The Morgan fingerprint density at radius 2 is 1.88 bits per heavy atom. The van der Waals surface area contributed by atoms with Crippen LogP contribution in [0, 0.1) is 11.6 Å². The van der Waals surface area contributed by atoms with Crippen LogP contribution in [0.4, 0.5) is 8.78 Å². The number of rotatable bonds is 3. The number of aromatic nitrogens is 2. The van der Waals surface area contributed by atoms with Gasteiger partial charge in [0.2, 0.25) is 0 Å². The van der Waals surface area contributed by atoms with Gasteiger partial charge in [0.1, 0.15) is 18.0 Å². The molecule has 0 aliphatic rings. The highest BCUT2D eigenvalue weighted by Gasteiger charge is 2.11. The van der Waals surface area contributed by atoms with E-state index in [9.17, 15) is 8.78 Å². The monoisotopic (exact) mass is 235 g/mol. The van der Waals surface area contributed by atoms with Crippen molar-refractivity contribution in [3.05, 3.63) is 59.7 Å². The first-order chi connectivity index (χ1) is 8.16. The van der Waals surface area contributed by atoms with Gasteiger partial charge < -0.3 is 5.73 Å². The van der Waals surface area contributed by atoms with Crippen LogP contribution in [0.3, 0.4) is 0 Å². The zero-order chi connectivity index (χ0) is 12.3. The molecule has 88 valence electrons.